The first-order valence-corrected chi connectivity index (χ1v) is 6.95. The van der Waals surface area contributed by atoms with Gasteiger partial charge in [-0.1, -0.05) is 43.3 Å². The maximum Gasteiger partial charge on any atom is 0.341 e. The topological polar surface area (TPSA) is 58.6 Å². The average Bonchev–Trinajstić information content (AvgIpc) is 2.51. The number of hydrogen-bond acceptors (Lipinski definition) is 3. The minimum absolute atomic E-state index is 0.331. The number of carboxylic acid groups (broad SMARTS) is 1. The summed E-state index contributed by atoms with van der Waals surface area (Å²) < 4.78 is 5.30. The van der Waals surface area contributed by atoms with E-state index >= 15 is 0 Å². The number of carboxylic acids is 1. The lowest BCUT2D eigenvalue weighted by molar-refractivity contribution is -0.139. The Hall–Kier alpha value is -2.49. The summed E-state index contributed by atoms with van der Waals surface area (Å²) in [5.74, 6) is -0.379. The molecule has 0 aliphatic rings. The summed E-state index contributed by atoms with van der Waals surface area (Å²) in [6.45, 7) is 2.37. The second kappa shape index (κ2) is 7.33. The number of rotatable bonds is 7. The highest BCUT2D eigenvalue weighted by molar-refractivity contribution is 5.68. The van der Waals surface area contributed by atoms with Gasteiger partial charge in [-0.2, -0.15) is 0 Å². The summed E-state index contributed by atoms with van der Waals surface area (Å²) in [5.41, 5.74) is 3.28. The number of carbonyl (C=O) groups is 1. The third kappa shape index (κ3) is 4.24. The average molecular weight is 285 g/mol. The summed E-state index contributed by atoms with van der Waals surface area (Å²) in [6.07, 6.45) is 0.959. The van der Waals surface area contributed by atoms with Crippen molar-refractivity contribution in [1.82, 2.24) is 0 Å². The molecule has 2 aromatic carbocycles. The van der Waals surface area contributed by atoms with Gasteiger partial charge in [0.1, 0.15) is 5.75 Å². The van der Waals surface area contributed by atoms with Crippen LogP contribution in [0.1, 0.15) is 18.1 Å². The van der Waals surface area contributed by atoms with Gasteiger partial charge >= 0.3 is 5.97 Å². The van der Waals surface area contributed by atoms with Crippen LogP contribution in [0.15, 0.2) is 48.5 Å². The zero-order valence-electron chi connectivity index (χ0n) is 12.0. The molecule has 0 amide bonds. The van der Waals surface area contributed by atoms with Gasteiger partial charge in [0.15, 0.2) is 6.61 Å². The maximum atomic E-state index is 10.6. The molecule has 0 saturated heterocycles. The molecular weight excluding hydrogens is 266 g/mol. The molecule has 0 aliphatic carbocycles. The first-order valence-electron chi connectivity index (χ1n) is 6.95. The van der Waals surface area contributed by atoms with Crippen molar-refractivity contribution in [3.05, 3.63) is 59.7 Å². The van der Waals surface area contributed by atoms with Gasteiger partial charge in [0.05, 0.1) is 0 Å². The Morgan fingerprint density at radius 1 is 1.10 bits per heavy atom. The van der Waals surface area contributed by atoms with Crippen molar-refractivity contribution in [2.45, 2.75) is 19.9 Å². The fraction of sp³-hybridized carbons (Fsp3) is 0.235. The van der Waals surface area contributed by atoms with Crippen molar-refractivity contribution in [3.8, 4) is 5.75 Å². The Kier molecular flexibility index (Phi) is 5.21. The third-order valence-electron chi connectivity index (χ3n) is 3.19. The molecule has 0 aliphatic heterocycles. The van der Waals surface area contributed by atoms with E-state index in [1.165, 1.54) is 5.56 Å². The molecule has 110 valence electrons. The molecule has 4 nitrogen and oxygen atoms in total. The Labute approximate surface area is 124 Å². The molecule has 0 aromatic heterocycles. The minimum Gasteiger partial charge on any atom is -0.482 e. The van der Waals surface area contributed by atoms with Crippen LogP contribution in [0.2, 0.25) is 0 Å². The first-order chi connectivity index (χ1) is 10.2. The lowest BCUT2D eigenvalue weighted by Crippen LogP contribution is -2.11. The van der Waals surface area contributed by atoms with Crippen LogP contribution in [0.3, 0.4) is 0 Å². The molecule has 2 rings (SSSR count). The van der Waals surface area contributed by atoms with Gasteiger partial charge in [0.25, 0.3) is 0 Å². The summed E-state index contributed by atoms with van der Waals surface area (Å²) in [7, 11) is 0. The largest absolute Gasteiger partial charge is 0.482 e. The van der Waals surface area contributed by atoms with Gasteiger partial charge in [-0.05, 0) is 24.1 Å². The monoisotopic (exact) mass is 285 g/mol. The number of hydrogen-bond donors (Lipinski definition) is 2. The molecule has 0 fully saturated rings. The standard InChI is InChI=1S/C17H19NO3/c1-2-13-7-3-5-9-15(13)18-11-14-8-4-6-10-16(14)21-12-17(19)20/h3-10,18H,2,11-12H2,1H3,(H,19,20). The molecule has 4 heteroatoms. The van der Waals surface area contributed by atoms with E-state index in [9.17, 15) is 4.79 Å². The molecule has 0 atom stereocenters. The molecule has 2 N–H and O–H groups in total. The third-order valence-corrected chi connectivity index (χ3v) is 3.19. The molecule has 0 unspecified atom stereocenters. The van der Waals surface area contributed by atoms with Gasteiger partial charge in [-0.25, -0.2) is 4.79 Å². The van der Waals surface area contributed by atoms with Crippen molar-refractivity contribution < 1.29 is 14.6 Å². The Bertz CT molecular complexity index is 610. The molecule has 2 aromatic rings. The van der Waals surface area contributed by atoms with Crippen molar-refractivity contribution in [1.29, 1.82) is 0 Å². The van der Waals surface area contributed by atoms with Crippen molar-refractivity contribution in [3.63, 3.8) is 0 Å². The lowest BCUT2D eigenvalue weighted by Gasteiger charge is -2.13. The number of para-hydroxylation sites is 2. The summed E-state index contributed by atoms with van der Waals surface area (Å²) in [6, 6.07) is 15.6. The van der Waals surface area contributed by atoms with E-state index in [-0.39, 0.29) is 6.61 Å². The van der Waals surface area contributed by atoms with Gasteiger partial charge in [0, 0.05) is 17.8 Å². The Morgan fingerprint density at radius 2 is 1.76 bits per heavy atom. The van der Waals surface area contributed by atoms with Crippen molar-refractivity contribution in [2.75, 3.05) is 11.9 Å². The lowest BCUT2D eigenvalue weighted by atomic mass is 10.1. The molecular formula is C17H19NO3. The predicted octanol–water partition coefficient (Wildman–Crippen LogP) is 3.32. The van der Waals surface area contributed by atoms with Crippen molar-refractivity contribution in [2.24, 2.45) is 0 Å². The zero-order chi connectivity index (χ0) is 15.1. The highest BCUT2D eigenvalue weighted by atomic mass is 16.5. The van der Waals surface area contributed by atoms with E-state index in [1.54, 1.807) is 6.07 Å². The van der Waals surface area contributed by atoms with Crippen LogP contribution >= 0.6 is 0 Å². The molecule has 0 heterocycles. The molecule has 0 bridgehead atoms. The Morgan fingerprint density at radius 3 is 2.48 bits per heavy atom. The van der Waals surface area contributed by atoms with Gasteiger partial charge in [0.2, 0.25) is 0 Å². The number of nitrogens with one attached hydrogen (secondary N) is 1. The van der Waals surface area contributed by atoms with E-state index in [0.29, 0.717) is 12.3 Å². The molecule has 0 spiro atoms. The van der Waals surface area contributed by atoms with E-state index in [4.69, 9.17) is 9.84 Å². The van der Waals surface area contributed by atoms with E-state index in [0.717, 1.165) is 17.7 Å². The fourth-order valence-electron chi connectivity index (χ4n) is 2.12. The Balaban J connectivity index is 2.07. The number of aryl methyl sites for hydroxylation is 1. The maximum absolute atomic E-state index is 10.6. The van der Waals surface area contributed by atoms with Crippen LogP contribution in [0.25, 0.3) is 0 Å². The van der Waals surface area contributed by atoms with E-state index in [2.05, 4.69) is 18.3 Å². The smallest absolute Gasteiger partial charge is 0.341 e. The van der Waals surface area contributed by atoms with Crippen LogP contribution in [-0.2, 0) is 17.8 Å². The quantitative estimate of drug-likeness (QED) is 0.819. The van der Waals surface area contributed by atoms with Gasteiger partial charge in [-0.3, -0.25) is 0 Å². The zero-order valence-corrected chi connectivity index (χ0v) is 12.0. The van der Waals surface area contributed by atoms with E-state index in [1.807, 2.05) is 36.4 Å². The van der Waals surface area contributed by atoms with Gasteiger partial charge in [-0.15, -0.1) is 0 Å². The second-order valence-electron chi connectivity index (χ2n) is 4.65. The molecule has 21 heavy (non-hydrogen) atoms. The van der Waals surface area contributed by atoms with Crippen LogP contribution < -0.4 is 10.1 Å². The van der Waals surface area contributed by atoms with Crippen LogP contribution in [-0.4, -0.2) is 17.7 Å². The summed E-state index contributed by atoms with van der Waals surface area (Å²) in [4.78, 5) is 10.6. The molecule has 0 saturated carbocycles. The fourth-order valence-corrected chi connectivity index (χ4v) is 2.12. The SMILES string of the molecule is CCc1ccccc1NCc1ccccc1OCC(=O)O. The van der Waals surface area contributed by atoms with Crippen LogP contribution in [0, 0.1) is 0 Å². The highest BCUT2D eigenvalue weighted by Crippen LogP contribution is 2.21. The number of anilines is 1. The van der Waals surface area contributed by atoms with Crippen LogP contribution in [0.5, 0.6) is 5.75 Å². The highest BCUT2D eigenvalue weighted by Gasteiger charge is 2.06. The number of aliphatic carboxylic acids is 1. The summed E-state index contributed by atoms with van der Waals surface area (Å²) >= 11 is 0. The van der Waals surface area contributed by atoms with Gasteiger partial charge < -0.3 is 15.2 Å². The number of benzene rings is 2. The predicted molar refractivity (Wildman–Crippen MR) is 82.7 cm³/mol. The summed E-state index contributed by atoms with van der Waals surface area (Å²) in [5, 5.41) is 12.1. The first kappa shape index (κ1) is 14.9. The van der Waals surface area contributed by atoms with Crippen molar-refractivity contribution >= 4 is 11.7 Å². The van der Waals surface area contributed by atoms with E-state index < -0.39 is 5.97 Å². The van der Waals surface area contributed by atoms with Crippen LogP contribution in [0.4, 0.5) is 5.69 Å². The number of ether oxygens (including phenoxy) is 1. The second-order valence-corrected chi connectivity index (χ2v) is 4.65. The molecule has 0 radical (unpaired) electrons. The minimum atomic E-state index is -0.978. The normalized spacial score (nSPS) is 10.1.